The van der Waals surface area contributed by atoms with Crippen molar-refractivity contribution in [2.24, 2.45) is 11.7 Å². The van der Waals surface area contributed by atoms with Crippen LogP contribution in [-0.4, -0.2) is 36.6 Å². The summed E-state index contributed by atoms with van der Waals surface area (Å²) in [6.07, 6.45) is 6.27. The van der Waals surface area contributed by atoms with E-state index >= 15 is 0 Å². The van der Waals surface area contributed by atoms with Crippen LogP contribution in [0.3, 0.4) is 0 Å². The van der Waals surface area contributed by atoms with Crippen LogP contribution in [0.5, 0.6) is 5.75 Å². The van der Waals surface area contributed by atoms with Crippen LogP contribution in [0.25, 0.3) is 0 Å². The van der Waals surface area contributed by atoms with Crippen molar-refractivity contribution < 1.29 is 4.74 Å². The molecule has 3 nitrogen and oxygen atoms in total. The highest BCUT2D eigenvalue weighted by Gasteiger charge is 2.16. The summed E-state index contributed by atoms with van der Waals surface area (Å²) in [5.41, 5.74) is 6.67. The van der Waals surface area contributed by atoms with Crippen molar-refractivity contribution in [3.8, 4) is 5.75 Å². The van der Waals surface area contributed by atoms with Gasteiger partial charge in [0.05, 0.1) is 4.99 Å². The first-order chi connectivity index (χ1) is 10.1. The van der Waals surface area contributed by atoms with Gasteiger partial charge in [0, 0.05) is 19.5 Å². The summed E-state index contributed by atoms with van der Waals surface area (Å²) in [6.45, 7) is 2.92. The fourth-order valence-corrected chi connectivity index (χ4v) is 3.12. The molecule has 21 heavy (non-hydrogen) atoms. The van der Waals surface area contributed by atoms with Gasteiger partial charge in [-0.15, -0.1) is 0 Å². The SMILES string of the molecule is CN(CCOc1ccc(CC(N)=S)cc1)CC1CCCC1. The number of benzene rings is 1. The number of nitrogens with two attached hydrogens (primary N) is 1. The van der Waals surface area contributed by atoms with Crippen LogP contribution in [0.15, 0.2) is 24.3 Å². The molecule has 0 atom stereocenters. The molecule has 116 valence electrons. The van der Waals surface area contributed by atoms with E-state index in [9.17, 15) is 0 Å². The zero-order valence-corrected chi connectivity index (χ0v) is 13.7. The van der Waals surface area contributed by atoms with Crippen molar-refractivity contribution in [1.82, 2.24) is 4.90 Å². The molecule has 0 heterocycles. The molecule has 1 aliphatic rings. The number of likely N-dealkylation sites (N-methyl/N-ethyl adjacent to an activating group) is 1. The molecule has 1 aliphatic carbocycles. The van der Waals surface area contributed by atoms with Gasteiger partial charge in [-0.05, 0) is 43.5 Å². The minimum Gasteiger partial charge on any atom is -0.492 e. The number of hydrogen-bond acceptors (Lipinski definition) is 3. The highest BCUT2D eigenvalue weighted by atomic mass is 32.1. The van der Waals surface area contributed by atoms with E-state index in [-0.39, 0.29) is 0 Å². The molecule has 0 bridgehead atoms. The smallest absolute Gasteiger partial charge is 0.119 e. The van der Waals surface area contributed by atoms with Crippen LogP contribution in [0.4, 0.5) is 0 Å². The van der Waals surface area contributed by atoms with Gasteiger partial charge in [0.15, 0.2) is 0 Å². The Balaban J connectivity index is 1.66. The molecule has 0 spiro atoms. The zero-order valence-electron chi connectivity index (χ0n) is 12.9. The predicted octanol–water partition coefficient (Wildman–Crippen LogP) is 3.02. The molecular formula is C17H26N2OS. The molecule has 2 N–H and O–H groups in total. The summed E-state index contributed by atoms with van der Waals surface area (Å²) in [6, 6.07) is 8.03. The van der Waals surface area contributed by atoms with E-state index < -0.39 is 0 Å². The standard InChI is InChI=1S/C17H26N2OS/c1-19(13-15-4-2-3-5-15)10-11-20-16-8-6-14(7-9-16)12-17(18)21/h6-9,15H,2-5,10-13H2,1H3,(H2,18,21). The van der Waals surface area contributed by atoms with Gasteiger partial charge in [-0.1, -0.05) is 37.2 Å². The predicted molar refractivity (Wildman–Crippen MR) is 91.9 cm³/mol. The van der Waals surface area contributed by atoms with E-state index in [1.54, 1.807) is 0 Å². The molecule has 0 saturated heterocycles. The Hall–Kier alpha value is -1.13. The maximum Gasteiger partial charge on any atom is 0.119 e. The molecule has 0 radical (unpaired) electrons. The third-order valence-corrected chi connectivity index (χ3v) is 4.23. The Kier molecular flexibility index (Phi) is 6.46. The van der Waals surface area contributed by atoms with Crippen molar-refractivity contribution in [2.75, 3.05) is 26.7 Å². The average molecular weight is 306 g/mol. The van der Waals surface area contributed by atoms with Crippen molar-refractivity contribution in [1.29, 1.82) is 0 Å². The van der Waals surface area contributed by atoms with Gasteiger partial charge in [0.25, 0.3) is 0 Å². The Morgan fingerprint density at radius 1 is 1.29 bits per heavy atom. The van der Waals surface area contributed by atoms with Crippen molar-refractivity contribution in [2.45, 2.75) is 32.1 Å². The van der Waals surface area contributed by atoms with Gasteiger partial charge in [0.2, 0.25) is 0 Å². The van der Waals surface area contributed by atoms with Crippen molar-refractivity contribution >= 4 is 17.2 Å². The maximum absolute atomic E-state index is 5.80. The summed E-state index contributed by atoms with van der Waals surface area (Å²) in [5.74, 6) is 1.81. The number of thiocarbonyl (C=S) groups is 1. The summed E-state index contributed by atoms with van der Waals surface area (Å²) in [4.78, 5) is 2.91. The van der Waals surface area contributed by atoms with Gasteiger partial charge in [0.1, 0.15) is 12.4 Å². The molecule has 0 amide bonds. The minimum absolute atomic E-state index is 0.525. The molecule has 0 aliphatic heterocycles. The molecule has 1 fully saturated rings. The van der Waals surface area contributed by atoms with Crippen LogP contribution in [0.2, 0.25) is 0 Å². The molecule has 0 unspecified atom stereocenters. The first-order valence-electron chi connectivity index (χ1n) is 7.82. The first-order valence-corrected chi connectivity index (χ1v) is 8.23. The Morgan fingerprint density at radius 2 is 1.95 bits per heavy atom. The van der Waals surface area contributed by atoms with Gasteiger partial charge in [-0.2, -0.15) is 0 Å². The Morgan fingerprint density at radius 3 is 2.57 bits per heavy atom. The van der Waals surface area contributed by atoms with E-state index in [0.717, 1.165) is 30.4 Å². The Bertz CT molecular complexity index is 441. The highest BCUT2D eigenvalue weighted by molar-refractivity contribution is 7.80. The second-order valence-electron chi connectivity index (χ2n) is 6.05. The van der Waals surface area contributed by atoms with Crippen LogP contribution in [-0.2, 0) is 6.42 Å². The number of hydrogen-bond donors (Lipinski definition) is 1. The zero-order chi connectivity index (χ0) is 15.1. The topological polar surface area (TPSA) is 38.5 Å². The molecule has 1 aromatic rings. The summed E-state index contributed by atoms with van der Waals surface area (Å²) < 4.78 is 5.80. The maximum atomic E-state index is 5.80. The second kappa shape index (κ2) is 8.35. The van der Waals surface area contributed by atoms with Crippen molar-refractivity contribution in [3.05, 3.63) is 29.8 Å². The number of rotatable bonds is 8. The van der Waals surface area contributed by atoms with Crippen LogP contribution in [0, 0.1) is 5.92 Å². The molecular weight excluding hydrogens is 280 g/mol. The molecule has 0 aromatic heterocycles. The minimum atomic E-state index is 0.525. The lowest BCUT2D eigenvalue weighted by Gasteiger charge is -2.20. The van der Waals surface area contributed by atoms with Gasteiger partial charge >= 0.3 is 0 Å². The molecule has 4 heteroatoms. The highest BCUT2D eigenvalue weighted by Crippen LogP contribution is 2.25. The van der Waals surface area contributed by atoms with E-state index in [4.69, 9.17) is 22.7 Å². The average Bonchev–Trinajstić information content (AvgIpc) is 2.93. The fourth-order valence-electron chi connectivity index (χ4n) is 2.95. The molecule has 1 saturated carbocycles. The summed E-state index contributed by atoms with van der Waals surface area (Å²) in [5, 5.41) is 0. The lowest BCUT2D eigenvalue weighted by molar-refractivity contribution is 0.215. The third-order valence-electron chi connectivity index (χ3n) is 4.09. The number of ether oxygens (including phenoxy) is 1. The van der Waals surface area contributed by atoms with Gasteiger partial charge < -0.3 is 15.4 Å². The lowest BCUT2D eigenvalue weighted by atomic mass is 10.1. The fraction of sp³-hybridized carbons (Fsp3) is 0.588. The van der Waals surface area contributed by atoms with E-state index in [2.05, 4.69) is 11.9 Å². The van der Waals surface area contributed by atoms with Gasteiger partial charge in [-0.3, -0.25) is 0 Å². The Labute approximate surface area is 133 Å². The number of nitrogens with zero attached hydrogens (tertiary/aromatic N) is 1. The van der Waals surface area contributed by atoms with E-state index in [0.29, 0.717) is 11.4 Å². The quantitative estimate of drug-likeness (QED) is 0.749. The van der Waals surface area contributed by atoms with Crippen LogP contribution >= 0.6 is 12.2 Å². The van der Waals surface area contributed by atoms with Gasteiger partial charge in [-0.25, -0.2) is 0 Å². The molecule has 1 aromatic carbocycles. The largest absolute Gasteiger partial charge is 0.492 e. The van der Waals surface area contributed by atoms with E-state index in [1.165, 1.54) is 32.2 Å². The molecule has 2 rings (SSSR count). The normalized spacial score (nSPS) is 15.5. The monoisotopic (exact) mass is 306 g/mol. The summed E-state index contributed by atoms with van der Waals surface area (Å²) >= 11 is 4.91. The first kappa shape index (κ1) is 16.2. The lowest BCUT2D eigenvalue weighted by Crippen LogP contribution is -2.28. The second-order valence-corrected chi connectivity index (χ2v) is 6.57. The van der Waals surface area contributed by atoms with E-state index in [1.807, 2.05) is 24.3 Å². The summed E-state index contributed by atoms with van der Waals surface area (Å²) in [7, 11) is 2.19. The van der Waals surface area contributed by atoms with Crippen molar-refractivity contribution in [3.63, 3.8) is 0 Å². The van der Waals surface area contributed by atoms with Crippen LogP contribution < -0.4 is 10.5 Å². The van der Waals surface area contributed by atoms with Crippen LogP contribution in [0.1, 0.15) is 31.2 Å². The third kappa shape index (κ3) is 6.02.